The molecule has 0 fully saturated rings. The predicted octanol–water partition coefficient (Wildman–Crippen LogP) is -1.04. The Morgan fingerprint density at radius 2 is 2.25 bits per heavy atom. The first-order valence-electron chi connectivity index (χ1n) is 0.773. The maximum Gasteiger partial charge on any atom is 0.247 e. The number of rotatable bonds is 1. The Labute approximate surface area is 26.4 Å². The van der Waals surface area contributed by atoms with Gasteiger partial charge in [0.05, 0.1) is 0 Å². The Kier molecular flexibility index (Phi) is 2.37. The molecule has 0 radical (unpaired) electrons. The first kappa shape index (κ1) is 3.62. The predicted molar refractivity (Wildman–Crippen MR) is 16.8 cm³/mol. The van der Waals surface area contributed by atoms with E-state index in [9.17, 15) is 0 Å². The van der Waals surface area contributed by atoms with Gasteiger partial charge in [0, 0.05) is 0 Å². The summed E-state index contributed by atoms with van der Waals surface area (Å²) in [6, 6.07) is 0. The summed E-state index contributed by atoms with van der Waals surface area (Å²) in [6.45, 7) is 0. The van der Waals surface area contributed by atoms with Crippen LogP contribution in [0.15, 0.2) is 5.34 Å². The van der Waals surface area contributed by atoms with E-state index in [1.807, 2.05) is 5.34 Å². The fourth-order valence-electron chi connectivity index (χ4n) is 0. The van der Waals surface area contributed by atoms with Crippen LogP contribution in [-0.2, 0) is 4.53 Å². The van der Waals surface area contributed by atoms with Gasteiger partial charge in [-0.2, -0.15) is 0 Å². The molecule has 0 unspecified atom stereocenters. The lowest BCUT2D eigenvalue weighted by Crippen LogP contribution is -1.58. The minimum atomic E-state index is 0.410. The molecule has 0 aliphatic carbocycles. The van der Waals surface area contributed by atoms with Gasteiger partial charge in [0.15, 0.2) is 0 Å². The zero-order chi connectivity index (χ0) is 3.41. The molecular weight excluding hydrogens is 74.1 g/mol. The van der Waals surface area contributed by atoms with Crippen molar-refractivity contribution in [1.82, 2.24) is 0 Å². The quantitative estimate of drug-likeness (QED) is 0.228. The van der Waals surface area contributed by atoms with E-state index in [4.69, 9.17) is 4.91 Å². The SMILES string of the molecule is O=NO[SiH3]. The highest BCUT2D eigenvalue weighted by Gasteiger charge is 1.44. The van der Waals surface area contributed by atoms with Gasteiger partial charge in [-0.25, -0.2) is 0 Å². The third-order valence-electron chi connectivity index (χ3n) is 0.0745. The molecule has 0 rings (SSSR count). The first-order valence-corrected chi connectivity index (χ1v) is 1.59. The molecule has 0 saturated heterocycles. The van der Waals surface area contributed by atoms with Gasteiger partial charge in [-0.1, -0.05) is 0 Å². The summed E-state index contributed by atoms with van der Waals surface area (Å²) in [7, 11) is 0.410. The Hall–Kier alpha value is -0.383. The van der Waals surface area contributed by atoms with E-state index in [0.717, 1.165) is 0 Å². The van der Waals surface area contributed by atoms with Crippen molar-refractivity contribution in [3.05, 3.63) is 4.91 Å². The highest BCUT2D eigenvalue weighted by Crippen LogP contribution is 1.50. The van der Waals surface area contributed by atoms with Crippen LogP contribution in [0.25, 0.3) is 0 Å². The standard InChI is InChI=1S/H3NO2Si/c2-1-3-4/h4H3. The summed E-state index contributed by atoms with van der Waals surface area (Å²) in [5.41, 5.74) is 0. The Balaban J connectivity index is 2.30. The van der Waals surface area contributed by atoms with E-state index in [2.05, 4.69) is 4.53 Å². The molecule has 4 heavy (non-hydrogen) atoms. The van der Waals surface area contributed by atoms with Crippen molar-refractivity contribution in [3.8, 4) is 0 Å². The smallest absolute Gasteiger partial charge is 0.247 e. The first-order chi connectivity index (χ1) is 1.91. The molecule has 0 amide bonds. The van der Waals surface area contributed by atoms with Crippen LogP contribution in [0.5, 0.6) is 0 Å². The van der Waals surface area contributed by atoms with Crippen molar-refractivity contribution >= 4 is 10.5 Å². The Morgan fingerprint density at radius 3 is 2.25 bits per heavy atom. The third kappa shape index (κ3) is 1.62. The monoisotopic (exact) mass is 77.0 g/mol. The lowest BCUT2D eigenvalue weighted by atomic mass is 13.4. The third-order valence-corrected chi connectivity index (χ3v) is 0.224. The van der Waals surface area contributed by atoms with Gasteiger partial charge in [0.2, 0.25) is 10.5 Å². The van der Waals surface area contributed by atoms with Crippen molar-refractivity contribution in [3.63, 3.8) is 0 Å². The zero-order valence-electron chi connectivity index (χ0n) is 2.26. The fraction of sp³-hybridized carbons (Fsp3) is 0. The van der Waals surface area contributed by atoms with Gasteiger partial charge in [-0.15, -0.1) is 4.91 Å². The lowest BCUT2D eigenvalue weighted by molar-refractivity contribution is 0.371. The summed E-state index contributed by atoms with van der Waals surface area (Å²) in [6.07, 6.45) is 0. The Morgan fingerprint density at radius 1 is 2.00 bits per heavy atom. The van der Waals surface area contributed by atoms with E-state index < -0.39 is 0 Å². The molecule has 3 nitrogen and oxygen atoms in total. The second kappa shape index (κ2) is 2.62. The molecule has 0 aromatic rings. The second-order valence-electron chi connectivity index (χ2n) is 0.257. The summed E-state index contributed by atoms with van der Waals surface area (Å²) >= 11 is 0. The molecule has 0 aromatic carbocycles. The molecule has 24 valence electrons. The van der Waals surface area contributed by atoms with Gasteiger partial charge in [0.25, 0.3) is 0 Å². The molecular formula is H3NO2Si. The molecule has 0 saturated carbocycles. The fourth-order valence-corrected chi connectivity index (χ4v) is 0. The summed E-state index contributed by atoms with van der Waals surface area (Å²) < 4.78 is 3.75. The maximum absolute atomic E-state index is 8.74. The van der Waals surface area contributed by atoms with E-state index >= 15 is 0 Å². The molecule has 0 aliphatic rings. The highest BCUT2D eigenvalue weighted by atomic mass is 28.2. The largest absolute Gasteiger partial charge is 0.436 e. The molecule has 4 heteroatoms. The van der Waals surface area contributed by atoms with Gasteiger partial charge in [-0.05, 0) is 0 Å². The van der Waals surface area contributed by atoms with Crippen molar-refractivity contribution in [1.29, 1.82) is 0 Å². The van der Waals surface area contributed by atoms with Crippen LogP contribution in [0.2, 0.25) is 0 Å². The van der Waals surface area contributed by atoms with Crippen LogP contribution < -0.4 is 0 Å². The Bertz CT molecular complexity index is 20.0. The average Bonchev–Trinajstić information content (AvgIpc) is 1.37. The van der Waals surface area contributed by atoms with Crippen molar-refractivity contribution in [2.45, 2.75) is 0 Å². The van der Waals surface area contributed by atoms with E-state index in [1.165, 1.54) is 0 Å². The summed E-state index contributed by atoms with van der Waals surface area (Å²) in [5.74, 6) is 0. The van der Waals surface area contributed by atoms with Crippen LogP contribution in [0.3, 0.4) is 0 Å². The van der Waals surface area contributed by atoms with Crippen LogP contribution in [0.4, 0.5) is 0 Å². The number of hydrogen-bond donors (Lipinski definition) is 0. The van der Waals surface area contributed by atoms with Crippen LogP contribution >= 0.6 is 0 Å². The molecule has 0 heterocycles. The highest BCUT2D eigenvalue weighted by molar-refractivity contribution is 5.97. The average molecular weight is 77.1 g/mol. The number of nitrogens with zero attached hydrogens (tertiary/aromatic N) is 1. The van der Waals surface area contributed by atoms with E-state index in [1.54, 1.807) is 0 Å². The van der Waals surface area contributed by atoms with Crippen LogP contribution in [0.1, 0.15) is 0 Å². The topological polar surface area (TPSA) is 38.7 Å². The molecule has 0 aromatic heterocycles. The summed E-state index contributed by atoms with van der Waals surface area (Å²) in [4.78, 5) is 8.74. The minimum absolute atomic E-state index is 0.410. The van der Waals surface area contributed by atoms with Crippen molar-refractivity contribution < 1.29 is 4.53 Å². The second-order valence-corrected chi connectivity index (χ2v) is 0.622. The van der Waals surface area contributed by atoms with Gasteiger partial charge in [0.1, 0.15) is 5.34 Å². The summed E-state index contributed by atoms with van der Waals surface area (Å²) in [5, 5.41) is 2.05. The van der Waals surface area contributed by atoms with Gasteiger partial charge in [-0.3, -0.25) is 0 Å². The van der Waals surface area contributed by atoms with Crippen LogP contribution in [-0.4, -0.2) is 10.5 Å². The number of hydrogen-bond acceptors (Lipinski definition) is 3. The molecule has 0 N–H and O–H groups in total. The zero-order valence-corrected chi connectivity index (χ0v) is 4.26. The van der Waals surface area contributed by atoms with Crippen molar-refractivity contribution in [2.24, 2.45) is 5.34 Å². The van der Waals surface area contributed by atoms with Gasteiger partial charge < -0.3 is 4.53 Å². The van der Waals surface area contributed by atoms with E-state index in [0.29, 0.717) is 10.5 Å². The molecule has 0 bridgehead atoms. The molecule has 0 spiro atoms. The molecule has 0 atom stereocenters. The lowest BCUT2D eigenvalue weighted by Gasteiger charge is -1.65. The van der Waals surface area contributed by atoms with Crippen molar-refractivity contribution in [2.75, 3.05) is 0 Å². The normalized spacial score (nSPS) is 6.00. The van der Waals surface area contributed by atoms with Gasteiger partial charge >= 0.3 is 0 Å². The maximum atomic E-state index is 8.74. The molecule has 0 aliphatic heterocycles. The van der Waals surface area contributed by atoms with E-state index in [-0.39, 0.29) is 0 Å². The minimum Gasteiger partial charge on any atom is -0.436 e. The van der Waals surface area contributed by atoms with Crippen LogP contribution in [0, 0.1) is 4.91 Å².